The third-order valence-corrected chi connectivity index (χ3v) is 4.68. The summed E-state index contributed by atoms with van der Waals surface area (Å²) in [6.45, 7) is 2.35. The van der Waals surface area contributed by atoms with E-state index < -0.39 is 0 Å². The van der Waals surface area contributed by atoms with Crippen molar-refractivity contribution in [3.05, 3.63) is 47.7 Å². The van der Waals surface area contributed by atoms with E-state index in [1.807, 2.05) is 36.5 Å². The SMILES string of the molecule is Nc1sncc1C1CCCN(CC(=O)c2ccccc2)C1. The molecule has 3 rings (SSSR count). The number of aromatic nitrogens is 1. The monoisotopic (exact) mass is 301 g/mol. The molecule has 2 heterocycles. The van der Waals surface area contributed by atoms with Crippen LogP contribution in [0.3, 0.4) is 0 Å². The Morgan fingerprint density at radius 3 is 2.90 bits per heavy atom. The summed E-state index contributed by atoms with van der Waals surface area (Å²) in [7, 11) is 0. The van der Waals surface area contributed by atoms with Gasteiger partial charge < -0.3 is 5.73 Å². The number of carbonyl (C=O) groups excluding carboxylic acids is 1. The van der Waals surface area contributed by atoms with E-state index in [0.717, 1.165) is 42.1 Å². The van der Waals surface area contributed by atoms with Gasteiger partial charge in [0.15, 0.2) is 5.78 Å². The summed E-state index contributed by atoms with van der Waals surface area (Å²) in [4.78, 5) is 14.5. The van der Waals surface area contributed by atoms with E-state index >= 15 is 0 Å². The first-order valence-electron chi connectivity index (χ1n) is 7.24. The average Bonchev–Trinajstić information content (AvgIpc) is 2.94. The van der Waals surface area contributed by atoms with Gasteiger partial charge in [-0.3, -0.25) is 9.69 Å². The zero-order valence-electron chi connectivity index (χ0n) is 11.9. The Labute approximate surface area is 128 Å². The van der Waals surface area contributed by atoms with Gasteiger partial charge in [-0.1, -0.05) is 30.3 Å². The molecule has 1 aromatic heterocycles. The van der Waals surface area contributed by atoms with Crippen LogP contribution in [0.5, 0.6) is 0 Å². The lowest BCUT2D eigenvalue weighted by Crippen LogP contribution is -2.38. The van der Waals surface area contributed by atoms with Crippen LogP contribution in [0.1, 0.15) is 34.7 Å². The molecule has 1 aromatic carbocycles. The molecule has 1 aliphatic heterocycles. The van der Waals surface area contributed by atoms with Crippen molar-refractivity contribution in [2.45, 2.75) is 18.8 Å². The van der Waals surface area contributed by atoms with Gasteiger partial charge in [-0.25, -0.2) is 0 Å². The number of piperidine rings is 1. The van der Waals surface area contributed by atoms with Crippen LogP contribution in [0.15, 0.2) is 36.5 Å². The quantitative estimate of drug-likeness (QED) is 0.882. The molecule has 1 aliphatic rings. The Morgan fingerprint density at radius 2 is 2.19 bits per heavy atom. The van der Waals surface area contributed by atoms with Crippen molar-refractivity contribution in [3.8, 4) is 0 Å². The van der Waals surface area contributed by atoms with E-state index in [1.54, 1.807) is 0 Å². The molecular weight excluding hydrogens is 282 g/mol. The molecule has 21 heavy (non-hydrogen) atoms. The maximum Gasteiger partial charge on any atom is 0.176 e. The van der Waals surface area contributed by atoms with E-state index in [9.17, 15) is 4.79 Å². The zero-order chi connectivity index (χ0) is 14.7. The van der Waals surface area contributed by atoms with Crippen LogP contribution in [0, 0.1) is 0 Å². The number of rotatable bonds is 4. The third kappa shape index (κ3) is 3.31. The second kappa shape index (κ2) is 6.37. The van der Waals surface area contributed by atoms with Gasteiger partial charge >= 0.3 is 0 Å². The van der Waals surface area contributed by atoms with E-state index in [2.05, 4.69) is 9.27 Å². The summed E-state index contributed by atoms with van der Waals surface area (Å²) >= 11 is 1.35. The van der Waals surface area contributed by atoms with Gasteiger partial charge in [0.25, 0.3) is 0 Å². The molecule has 4 nitrogen and oxygen atoms in total. The van der Waals surface area contributed by atoms with Crippen LogP contribution >= 0.6 is 11.5 Å². The lowest BCUT2D eigenvalue weighted by atomic mass is 9.92. The summed E-state index contributed by atoms with van der Waals surface area (Å²) in [5.41, 5.74) is 7.92. The molecule has 1 atom stereocenters. The van der Waals surface area contributed by atoms with E-state index in [-0.39, 0.29) is 5.78 Å². The van der Waals surface area contributed by atoms with E-state index in [4.69, 9.17) is 5.73 Å². The number of nitrogen functional groups attached to an aromatic ring is 1. The van der Waals surface area contributed by atoms with Gasteiger partial charge in [-0.05, 0) is 30.9 Å². The second-order valence-electron chi connectivity index (χ2n) is 5.51. The highest BCUT2D eigenvalue weighted by Crippen LogP contribution is 2.32. The fourth-order valence-electron chi connectivity index (χ4n) is 2.93. The number of likely N-dealkylation sites (tertiary alicyclic amines) is 1. The van der Waals surface area contributed by atoms with Crippen LogP contribution in [-0.4, -0.2) is 34.7 Å². The normalized spacial score (nSPS) is 19.5. The number of hydrogen-bond acceptors (Lipinski definition) is 5. The highest BCUT2D eigenvalue weighted by atomic mass is 32.1. The zero-order valence-corrected chi connectivity index (χ0v) is 12.7. The number of carbonyl (C=O) groups is 1. The Hall–Kier alpha value is -1.72. The number of benzene rings is 1. The summed E-state index contributed by atoms with van der Waals surface area (Å²) < 4.78 is 4.16. The topological polar surface area (TPSA) is 59.2 Å². The molecule has 1 saturated heterocycles. The fourth-order valence-corrected chi connectivity index (χ4v) is 3.54. The number of hydrogen-bond donors (Lipinski definition) is 1. The van der Waals surface area contributed by atoms with Crippen molar-refractivity contribution in [2.24, 2.45) is 0 Å². The van der Waals surface area contributed by atoms with Crippen molar-refractivity contribution in [1.29, 1.82) is 0 Å². The number of nitrogens with zero attached hydrogens (tertiary/aromatic N) is 2. The largest absolute Gasteiger partial charge is 0.389 e. The minimum absolute atomic E-state index is 0.188. The first-order valence-corrected chi connectivity index (χ1v) is 8.02. The Bertz CT molecular complexity index is 611. The van der Waals surface area contributed by atoms with Crippen molar-refractivity contribution in [1.82, 2.24) is 9.27 Å². The molecule has 2 aromatic rings. The molecule has 2 N–H and O–H groups in total. The molecule has 0 radical (unpaired) electrons. The predicted octanol–water partition coefficient (Wildman–Crippen LogP) is 2.79. The van der Waals surface area contributed by atoms with Gasteiger partial charge in [0, 0.05) is 29.8 Å². The average molecular weight is 301 g/mol. The Morgan fingerprint density at radius 1 is 1.38 bits per heavy atom. The van der Waals surface area contributed by atoms with E-state index in [0.29, 0.717) is 12.5 Å². The number of ketones is 1. The molecule has 1 fully saturated rings. The Kier molecular flexibility index (Phi) is 4.31. The third-order valence-electron chi connectivity index (χ3n) is 4.04. The smallest absolute Gasteiger partial charge is 0.176 e. The lowest BCUT2D eigenvalue weighted by molar-refractivity contribution is 0.0907. The fraction of sp³-hybridized carbons (Fsp3) is 0.375. The highest BCUT2D eigenvalue weighted by Gasteiger charge is 2.25. The molecule has 0 aliphatic carbocycles. The van der Waals surface area contributed by atoms with Crippen molar-refractivity contribution >= 4 is 22.3 Å². The first-order chi connectivity index (χ1) is 10.2. The van der Waals surface area contributed by atoms with Gasteiger partial charge in [0.05, 0.1) is 6.54 Å². The lowest BCUT2D eigenvalue weighted by Gasteiger charge is -2.32. The van der Waals surface area contributed by atoms with Gasteiger partial charge in [0.1, 0.15) is 5.00 Å². The molecule has 0 saturated carbocycles. The second-order valence-corrected chi connectivity index (χ2v) is 6.34. The summed E-state index contributed by atoms with van der Waals surface area (Å²) in [5, 5.41) is 0.816. The van der Waals surface area contributed by atoms with Crippen LogP contribution < -0.4 is 5.73 Å². The number of nitrogens with two attached hydrogens (primary N) is 1. The van der Waals surface area contributed by atoms with Crippen LogP contribution in [0.25, 0.3) is 0 Å². The van der Waals surface area contributed by atoms with Gasteiger partial charge in [0.2, 0.25) is 0 Å². The minimum Gasteiger partial charge on any atom is -0.389 e. The molecule has 0 amide bonds. The molecule has 110 valence electrons. The summed E-state index contributed by atoms with van der Waals surface area (Å²) in [6.07, 6.45) is 4.11. The van der Waals surface area contributed by atoms with E-state index in [1.165, 1.54) is 11.5 Å². The molecular formula is C16H19N3OS. The van der Waals surface area contributed by atoms with Crippen LogP contribution in [0.4, 0.5) is 5.00 Å². The number of anilines is 1. The standard InChI is InChI=1S/C16H19N3OS/c17-16-14(9-18-21-16)13-7-4-8-19(10-13)11-15(20)12-5-2-1-3-6-12/h1-3,5-6,9,13H,4,7-8,10-11,17H2. The van der Waals surface area contributed by atoms with Crippen molar-refractivity contribution in [2.75, 3.05) is 25.4 Å². The van der Waals surface area contributed by atoms with Crippen LogP contribution in [0.2, 0.25) is 0 Å². The molecule has 1 unspecified atom stereocenters. The summed E-state index contributed by atoms with van der Waals surface area (Å²) in [6, 6.07) is 9.50. The van der Waals surface area contributed by atoms with Gasteiger partial charge in [-0.15, -0.1) is 0 Å². The van der Waals surface area contributed by atoms with Crippen LogP contribution in [-0.2, 0) is 0 Å². The minimum atomic E-state index is 0.188. The predicted molar refractivity (Wildman–Crippen MR) is 85.7 cm³/mol. The molecule has 5 heteroatoms. The molecule has 0 bridgehead atoms. The maximum atomic E-state index is 12.3. The van der Waals surface area contributed by atoms with Crippen molar-refractivity contribution < 1.29 is 4.79 Å². The highest BCUT2D eigenvalue weighted by molar-refractivity contribution is 7.10. The maximum absolute atomic E-state index is 12.3. The Balaban J connectivity index is 1.64. The molecule has 0 spiro atoms. The van der Waals surface area contributed by atoms with Gasteiger partial charge in [-0.2, -0.15) is 4.37 Å². The summed E-state index contributed by atoms with van der Waals surface area (Å²) in [5.74, 6) is 0.591. The first kappa shape index (κ1) is 14.2. The van der Waals surface area contributed by atoms with Crippen molar-refractivity contribution in [3.63, 3.8) is 0 Å². The number of Topliss-reactive ketones (excluding diaryl/α,β-unsaturated/α-hetero) is 1.